The smallest absolute Gasteiger partial charge is 0.248 e. The quantitative estimate of drug-likeness (QED) is 0.506. The van der Waals surface area contributed by atoms with E-state index in [0.717, 1.165) is 0 Å². The Bertz CT molecular complexity index is 816. The van der Waals surface area contributed by atoms with Crippen LogP contribution in [0.25, 0.3) is 0 Å². The topological polar surface area (TPSA) is 47.6 Å². The number of nitrogens with one attached hydrogen (secondary N) is 1. The van der Waals surface area contributed by atoms with Gasteiger partial charge in [-0.2, -0.15) is 0 Å². The number of hydrogen-bond acceptors (Lipinski definition) is 3. The summed E-state index contributed by atoms with van der Waals surface area (Å²) in [6.07, 6.45) is 6.70. The number of rotatable bonds is 6. The second-order valence-electron chi connectivity index (χ2n) is 4.92. The standard InChI is InChI=1S/C19H17Cl2NO3/c1-3-4-5-6-19(23)22-14-8-10-17(18(12-14)24-2)25-16-9-7-13(20)11-15(16)21/h3-12H,1-2H3,(H,22,23)/b4-3+,6-5+. The van der Waals surface area contributed by atoms with Crippen molar-refractivity contribution in [2.45, 2.75) is 6.92 Å². The first-order valence-corrected chi connectivity index (χ1v) is 8.20. The molecular weight excluding hydrogens is 361 g/mol. The summed E-state index contributed by atoms with van der Waals surface area (Å²) in [5, 5.41) is 3.66. The molecule has 0 saturated heterocycles. The van der Waals surface area contributed by atoms with Gasteiger partial charge in [-0.1, -0.05) is 41.4 Å². The molecule has 0 aliphatic heterocycles. The maximum Gasteiger partial charge on any atom is 0.248 e. The molecule has 130 valence electrons. The van der Waals surface area contributed by atoms with Crippen molar-refractivity contribution in [3.8, 4) is 17.2 Å². The van der Waals surface area contributed by atoms with Crippen LogP contribution in [0, 0.1) is 0 Å². The number of methoxy groups -OCH3 is 1. The molecule has 2 aromatic carbocycles. The summed E-state index contributed by atoms with van der Waals surface area (Å²) in [6, 6.07) is 10.0. The lowest BCUT2D eigenvalue weighted by Crippen LogP contribution is -2.07. The third-order valence-electron chi connectivity index (χ3n) is 3.10. The molecule has 6 heteroatoms. The first kappa shape index (κ1) is 18.9. The Morgan fingerprint density at radius 2 is 1.80 bits per heavy atom. The van der Waals surface area contributed by atoms with E-state index in [9.17, 15) is 4.79 Å². The van der Waals surface area contributed by atoms with Gasteiger partial charge in [-0.3, -0.25) is 4.79 Å². The van der Waals surface area contributed by atoms with E-state index in [1.165, 1.54) is 13.2 Å². The summed E-state index contributed by atoms with van der Waals surface area (Å²) in [5.41, 5.74) is 0.585. The van der Waals surface area contributed by atoms with Crippen molar-refractivity contribution in [2.75, 3.05) is 12.4 Å². The normalized spacial score (nSPS) is 11.0. The maximum absolute atomic E-state index is 11.8. The minimum Gasteiger partial charge on any atom is -0.493 e. The Balaban J connectivity index is 2.17. The van der Waals surface area contributed by atoms with E-state index in [-0.39, 0.29) is 5.91 Å². The third-order valence-corrected chi connectivity index (χ3v) is 3.63. The zero-order valence-corrected chi connectivity index (χ0v) is 15.3. The Morgan fingerprint density at radius 1 is 1.04 bits per heavy atom. The van der Waals surface area contributed by atoms with Gasteiger partial charge in [0.25, 0.3) is 0 Å². The van der Waals surface area contributed by atoms with Crippen molar-refractivity contribution < 1.29 is 14.3 Å². The highest BCUT2D eigenvalue weighted by molar-refractivity contribution is 6.35. The molecule has 1 amide bonds. The van der Waals surface area contributed by atoms with Crippen LogP contribution in [0.15, 0.2) is 60.7 Å². The third kappa shape index (κ3) is 5.55. The van der Waals surface area contributed by atoms with Crippen molar-refractivity contribution in [1.82, 2.24) is 0 Å². The number of ether oxygens (including phenoxy) is 2. The van der Waals surface area contributed by atoms with Gasteiger partial charge in [0.1, 0.15) is 5.75 Å². The zero-order chi connectivity index (χ0) is 18.2. The van der Waals surface area contributed by atoms with Crippen molar-refractivity contribution in [3.63, 3.8) is 0 Å². The lowest BCUT2D eigenvalue weighted by atomic mass is 10.2. The van der Waals surface area contributed by atoms with Crippen LogP contribution in [0.2, 0.25) is 10.0 Å². The Hall–Kier alpha value is -2.43. The summed E-state index contributed by atoms with van der Waals surface area (Å²) < 4.78 is 11.1. The van der Waals surface area contributed by atoms with E-state index < -0.39 is 0 Å². The molecule has 1 N–H and O–H groups in total. The SMILES string of the molecule is C/C=C/C=C/C(=O)Nc1ccc(Oc2ccc(Cl)cc2Cl)c(OC)c1. The molecule has 0 spiro atoms. The predicted molar refractivity (Wildman–Crippen MR) is 102 cm³/mol. The fraction of sp³-hybridized carbons (Fsp3) is 0.105. The van der Waals surface area contributed by atoms with E-state index in [2.05, 4.69) is 5.32 Å². The molecule has 0 radical (unpaired) electrons. The average molecular weight is 378 g/mol. The number of carbonyl (C=O) groups excluding carboxylic acids is 1. The first-order valence-electron chi connectivity index (χ1n) is 7.44. The number of amides is 1. The minimum absolute atomic E-state index is 0.241. The van der Waals surface area contributed by atoms with Crippen LogP contribution in [0.1, 0.15) is 6.92 Å². The second-order valence-corrected chi connectivity index (χ2v) is 5.76. The number of halogens is 2. The van der Waals surface area contributed by atoms with E-state index >= 15 is 0 Å². The molecule has 0 fully saturated rings. The summed E-state index contributed by atoms with van der Waals surface area (Å²) in [7, 11) is 1.52. The van der Waals surface area contributed by atoms with Crippen molar-refractivity contribution in [3.05, 3.63) is 70.7 Å². The highest BCUT2D eigenvalue weighted by atomic mass is 35.5. The Labute approximate surface area is 156 Å². The van der Waals surface area contributed by atoms with E-state index in [0.29, 0.717) is 33.0 Å². The van der Waals surface area contributed by atoms with E-state index in [1.54, 1.807) is 48.6 Å². The molecule has 0 bridgehead atoms. The number of carbonyl (C=O) groups is 1. The van der Waals surface area contributed by atoms with Gasteiger partial charge < -0.3 is 14.8 Å². The average Bonchev–Trinajstić information content (AvgIpc) is 2.58. The summed E-state index contributed by atoms with van der Waals surface area (Å²) in [4.78, 5) is 11.8. The molecule has 4 nitrogen and oxygen atoms in total. The molecule has 0 aliphatic rings. The summed E-state index contributed by atoms with van der Waals surface area (Å²) >= 11 is 12.0. The number of allylic oxidation sites excluding steroid dienone is 3. The molecule has 25 heavy (non-hydrogen) atoms. The van der Waals surface area contributed by atoms with E-state index in [1.807, 2.05) is 13.0 Å². The second kappa shape index (κ2) is 9.16. The van der Waals surface area contributed by atoms with Crippen LogP contribution in [-0.4, -0.2) is 13.0 Å². The maximum atomic E-state index is 11.8. The highest BCUT2D eigenvalue weighted by Crippen LogP contribution is 2.37. The van der Waals surface area contributed by atoms with Crippen LogP contribution in [0.4, 0.5) is 5.69 Å². The molecule has 0 unspecified atom stereocenters. The van der Waals surface area contributed by atoms with Gasteiger partial charge in [0, 0.05) is 22.9 Å². The number of anilines is 1. The molecule has 2 aromatic rings. The van der Waals surface area contributed by atoms with Crippen LogP contribution >= 0.6 is 23.2 Å². The molecule has 0 atom stereocenters. The fourth-order valence-electron chi connectivity index (χ4n) is 1.94. The number of hydrogen-bond donors (Lipinski definition) is 1. The van der Waals surface area contributed by atoms with Crippen molar-refractivity contribution in [1.29, 1.82) is 0 Å². The molecule has 0 aliphatic carbocycles. The van der Waals surface area contributed by atoms with Gasteiger partial charge in [0.15, 0.2) is 11.5 Å². The molecule has 0 saturated carbocycles. The lowest BCUT2D eigenvalue weighted by Gasteiger charge is -2.13. The Morgan fingerprint density at radius 3 is 2.48 bits per heavy atom. The molecular formula is C19H17Cl2NO3. The fourth-order valence-corrected chi connectivity index (χ4v) is 2.39. The van der Waals surface area contributed by atoms with Gasteiger partial charge in [0.05, 0.1) is 12.1 Å². The lowest BCUT2D eigenvalue weighted by molar-refractivity contribution is -0.111. The van der Waals surface area contributed by atoms with Crippen LogP contribution in [-0.2, 0) is 4.79 Å². The Kier molecular flexibility index (Phi) is 6.92. The highest BCUT2D eigenvalue weighted by Gasteiger charge is 2.10. The minimum atomic E-state index is -0.241. The van der Waals surface area contributed by atoms with Crippen LogP contribution < -0.4 is 14.8 Å². The predicted octanol–water partition coefficient (Wildman–Crippen LogP) is 5.87. The summed E-state index contributed by atoms with van der Waals surface area (Å²) in [5.74, 6) is 1.14. The van der Waals surface area contributed by atoms with Gasteiger partial charge in [-0.25, -0.2) is 0 Å². The van der Waals surface area contributed by atoms with Crippen molar-refractivity contribution >= 4 is 34.8 Å². The van der Waals surface area contributed by atoms with Gasteiger partial charge >= 0.3 is 0 Å². The van der Waals surface area contributed by atoms with Crippen LogP contribution in [0.5, 0.6) is 17.2 Å². The van der Waals surface area contributed by atoms with Crippen LogP contribution in [0.3, 0.4) is 0 Å². The number of benzene rings is 2. The molecule has 2 rings (SSSR count). The molecule has 0 aromatic heterocycles. The molecule has 0 heterocycles. The van der Waals surface area contributed by atoms with Gasteiger partial charge in [-0.15, -0.1) is 0 Å². The van der Waals surface area contributed by atoms with Crippen molar-refractivity contribution in [2.24, 2.45) is 0 Å². The van der Waals surface area contributed by atoms with Gasteiger partial charge in [-0.05, 0) is 37.3 Å². The zero-order valence-electron chi connectivity index (χ0n) is 13.8. The largest absolute Gasteiger partial charge is 0.493 e. The van der Waals surface area contributed by atoms with E-state index in [4.69, 9.17) is 32.7 Å². The van der Waals surface area contributed by atoms with Gasteiger partial charge in [0.2, 0.25) is 5.91 Å². The summed E-state index contributed by atoms with van der Waals surface area (Å²) in [6.45, 7) is 1.87. The monoisotopic (exact) mass is 377 g/mol. The first-order chi connectivity index (χ1) is 12.0.